The Hall–Kier alpha value is -0.740. The fourth-order valence-electron chi connectivity index (χ4n) is 1.15. The maximum atomic E-state index is 5.47. The average Bonchev–Trinajstić information content (AvgIpc) is 2.25. The van der Waals surface area contributed by atoms with Gasteiger partial charge in [-0.3, -0.25) is 0 Å². The van der Waals surface area contributed by atoms with Crippen molar-refractivity contribution in [1.82, 2.24) is 9.80 Å². The monoisotopic (exact) mass is 230 g/mol. The molecular weight excluding hydrogens is 204 g/mol. The third-order valence-electron chi connectivity index (χ3n) is 2.06. The molecule has 0 saturated heterocycles. The van der Waals surface area contributed by atoms with Crippen molar-refractivity contribution >= 4 is 0 Å². The molecule has 96 valence electrons. The minimum Gasteiger partial charge on any atom is -0.385 e. The van der Waals surface area contributed by atoms with Crippen LogP contribution in [0.2, 0.25) is 0 Å². The molecule has 0 fully saturated rings. The first kappa shape index (κ1) is 15.3. The zero-order valence-corrected chi connectivity index (χ0v) is 11.1. The van der Waals surface area contributed by atoms with Gasteiger partial charge in [-0.15, -0.1) is 0 Å². The highest BCUT2D eigenvalue weighted by molar-refractivity contribution is 4.77. The lowest BCUT2D eigenvalue weighted by Gasteiger charge is -2.15. The summed E-state index contributed by atoms with van der Waals surface area (Å²) in [6.45, 7) is 3.43. The van der Waals surface area contributed by atoms with Crippen LogP contribution in [0.25, 0.3) is 0 Å². The lowest BCUT2D eigenvalue weighted by atomic mass is 10.4. The van der Waals surface area contributed by atoms with Crippen molar-refractivity contribution in [3.8, 4) is 0 Å². The third kappa shape index (κ3) is 11.3. The van der Waals surface area contributed by atoms with E-state index >= 15 is 0 Å². The standard InChI is InChI=1S/C12H26N2O2/c1-13(2)8-9-14(3)7-5-11-16-12-6-10-15-4/h8-9H,5-7,10-12H2,1-4H3/b9-8-. The van der Waals surface area contributed by atoms with Crippen LogP contribution in [0, 0.1) is 0 Å². The second kappa shape index (κ2) is 10.8. The molecule has 0 spiro atoms. The number of methoxy groups -OCH3 is 1. The molecule has 0 unspecified atom stereocenters. The fraction of sp³-hybridized carbons (Fsp3) is 0.833. The van der Waals surface area contributed by atoms with Crippen LogP contribution >= 0.6 is 0 Å². The molecule has 0 radical (unpaired) electrons. The summed E-state index contributed by atoms with van der Waals surface area (Å²) < 4.78 is 10.4. The Bertz CT molecular complexity index is 172. The van der Waals surface area contributed by atoms with Crippen LogP contribution in [0.15, 0.2) is 12.4 Å². The molecule has 0 rings (SSSR count). The van der Waals surface area contributed by atoms with Gasteiger partial charge < -0.3 is 19.3 Å². The predicted octanol–water partition coefficient (Wildman–Crippen LogP) is 1.39. The Kier molecular flexibility index (Phi) is 10.3. The predicted molar refractivity (Wildman–Crippen MR) is 67.4 cm³/mol. The Balaban J connectivity index is 3.24. The second-order valence-electron chi connectivity index (χ2n) is 4.05. The van der Waals surface area contributed by atoms with Crippen molar-refractivity contribution in [3.63, 3.8) is 0 Å². The van der Waals surface area contributed by atoms with Gasteiger partial charge in [0.2, 0.25) is 0 Å². The average molecular weight is 230 g/mol. The lowest BCUT2D eigenvalue weighted by Crippen LogP contribution is -2.16. The molecule has 0 aliphatic carbocycles. The van der Waals surface area contributed by atoms with Crippen LogP contribution in [0.4, 0.5) is 0 Å². The normalized spacial score (nSPS) is 11.0. The molecule has 0 atom stereocenters. The van der Waals surface area contributed by atoms with Crippen molar-refractivity contribution in [2.24, 2.45) is 0 Å². The maximum absolute atomic E-state index is 5.47. The van der Waals surface area contributed by atoms with Gasteiger partial charge in [-0.2, -0.15) is 0 Å². The summed E-state index contributed by atoms with van der Waals surface area (Å²) in [6.07, 6.45) is 6.15. The van der Waals surface area contributed by atoms with E-state index in [4.69, 9.17) is 9.47 Å². The summed E-state index contributed by atoms with van der Waals surface area (Å²) in [6, 6.07) is 0. The summed E-state index contributed by atoms with van der Waals surface area (Å²) in [7, 11) is 7.82. The summed E-state index contributed by atoms with van der Waals surface area (Å²) in [5.41, 5.74) is 0. The van der Waals surface area contributed by atoms with Crippen molar-refractivity contribution in [2.75, 3.05) is 54.6 Å². The fourth-order valence-corrected chi connectivity index (χ4v) is 1.15. The van der Waals surface area contributed by atoms with E-state index in [1.807, 2.05) is 25.2 Å². The van der Waals surface area contributed by atoms with Crippen molar-refractivity contribution in [2.45, 2.75) is 12.8 Å². The van der Waals surface area contributed by atoms with Gasteiger partial charge in [0.25, 0.3) is 0 Å². The van der Waals surface area contributed by atoms with Crippen molar-refractivity contribution in [3.05, 3.63) is 12.4 Å². The molecule has 0 aromatic rings. The van der Waals surface area contributed by atoms with Crippen LogP contribution in [0.3, 0.4) is 0 Å². The van der Waals surface area contributed by atoms with Gasteiger partial charge in [0.1, 0.15) is 0 Å². The third-order valence-corrected chi connectivity index (χ3v) is 2.06. The summed E-state index contributed by atoms with van der Waals surface area (Å²) in [5, 5.41) is 0. The van der Waals surface area contributed by atoms with Gasteiger partial charge in [-0.05, 0) is 12.8 Å². The summed E-state index contributed by atoms with van der Waals surface area (Å²) >= 11 is 0. The van der Waals surface area contributed by atoms with E-state index in [-0.39, 0.29) is 0 Å². The zero-order chi connectivity index (χ0) is 12.2. The van der Waals surface area contributed by atoms with Gasteiger partial charge in [0, 0.05) is 67.0 Å². The first-order chi connectivity index (χ1) is 7.66. The van der Waals surface area contributed by atoms with E-state index < -0.39 is 0 Å². The van der Waals surface area contributed by atoms with E-state index in [0.717, 1.165) is 39.2 Å². The highest BCUT2D eigenvalue weighted by atomic mass is 16.5. The van der Waals surface area contributed by atoms with E-state index in [2.05, 4.69) is 18.1 Å². The van der Waals surface area contributed by atoms with Gasteiger partial charge in [-0.25, -0.2) is 0 Å². The topological polar surface area (TPSA) is 24.9 Å². The van der Waals surface area contributed by atoms with E-state index in [1.54, 1.807) is 7.11 Å². The molecule has 0 bridgehead atoms. The highest BCUT2D eigenvalue weighted by Crippen LogP contribution is 1.92. The van der Waals surface area contributed by atoms with Crippen LogP contribution in [-0.4, -0.2) is 64.4 Å². The first-order valence-corrected chi connectivity index (χ1v) is 5.78. The van der Waals surface area contributed by atoms with Crippen LogP contribution in [-0.2, 0) is 9.47 Å². The highest BCUT2D eigenvalue weighted by Gasteiger charge is 1.93. The molecule has 0 heterocycles. The largest absolute Gasteiger partial charge is 0.385 e. The van der Waals surface area contributed by atoms with E-state index in [0.29, 0.717) is 0 Å². The molecule has 0 aromatic heterocycles. The maximum Gasteiger partial charge on any atom is 0.0487 e. The summed E-state index contributed by atoms with van der Waals surface area (Å²) in [5.74, 6) is 0. The van der Waals surface area contributed by atoms with E-state index in [9.17, 15) is 0 Å². The van der Waals surface area contributed by atoms with Crippen molar-refractivity contribution < 1.29 is 9.47 Å². The molecular formula is C12H26N2O2. The molecule has 0 aromatic carbocycles. The number of hydrogen-bond acceptors (Lipinski definition) is 4. The quantitative estimate of drug-likeness (QED) is 0.530. The Morgan fingerprint density at radius 1 is 0.938 bits per heavy atom. The minimum absolute atomic E-state index is 0.783. The SMILES string of the molecule is COCCCOCCCN(C)/C=C\N(C)C. The van der Waals surface area contributed by atoms with E-state index in [1.165, 1.54) is 0 Å². The number of nitrogens with zero attached hydrogens (tertiary/aromatic N) is 2. The van der Waals surface area contributed by atoms with Crippen LogP contribution in [0.5, 0.6) is 0 Å². The molecule has 0 saturated carbocycles. The van der Waals surface area contributed by atoms with Gasteiger partial charge in [-0.1, -0.05) is 0 Å². The molecule has 16 heavy (non-hydrogen) atoms. The molecule has 0 amide bonds. The first-order valence-electron chi connectivity index (χ1n) is 5.78. The number of ether oxygens (including phenoxy) is 2. The molecule has 0 N–H and O–H groups in total. The minimum atomic E-state index is 0.783. The molecule has 4 heteroatoms. The number of hydrogen-bond donors (Lipinski definition) is 0. The van der Waals surface area contributed by atoms with Crippen LogP contribution in [0.1, 0.15) is 12.8 Å². The Labute approximate surface area is 99.8 Å². The van der Waals surface area contributed by atoms with Gasteiger partial charge in [0.05, 0.1) is 0 Å². The molecule has 0 aliphatic heterocycles. The van der Waals surface area contributed by atoms with Crippen LogP contribution < -0.4 is 0 Å². The smallest absolute Gasteiger partial charge is 0.0487 e. The lowest BCUT2D eigenvalue weighted by molar-refractivity contribution is 0.0985. The number of rotatable bonds is 10. The zero-order valence-electron chi connectivity index (χ0n) is 11.1. The van der Waals surface area contributed by atoms with Gasteiger partial charge >= 0.3 is 0 Å². The van der Waals surface area contributed by atoms with Crippen molar-refractivity contribution in [1.29, 1.82) is 0 Å². The molecule has 4 nitrogen and oxygen atoms in total. The Morgan fingerprint density at radius 3 is 2.25 bits per heavy atom. The molecule has 0 aliphatic rings. The second-order valence-corrected chi connectivity index (χ2v) is 4.05. The van der Waals surface area contributed by atoms with Gasteiger partial charge in [0.15, 0.2) is 0 Å². The Morgan fingerprint density at radius 2 is 1.62 bits per heavy atom. The summed E-state index contributed by atoms with van der Waals surface area (Å²) in [4.78, 5) is 4.19.